The van der Waals surface area contributed by atoms with E-state index in [1.807, 2.05) is 83.6 Å². The molecule has 0 fully saturated rings. The summed E-state index contributed by atoms with van der Waals surface area (Å²) in [5.74, 6) is 1.07. The monoisotopic (exact) mass is 424 g/mol. The van der Waals surface area contributed by atoms with Crippen LogP contribution >= 0.6 is 0 Å². The van der Waals surface area contributed by atoms with Crippen LogP contribution in [0.1, 0.15) is 17.5 Å². The molecule has 0 saturated carbocycles. The summed E-state index contributed by atoms with van der Waals surface area (Å²) in [6.45, 7) is 0.641. The third-order valence-corrected chi connectivity index (χ3v) is 4.87. The molecule has 0 unspecified atom stereocenters. The van der Waals surface area contributed by atoms with E-state index in [-0.39, 0.29) is 6.42 Å². The Kier molecular flexibility index (Phi) is 7.08. The number of para-hydroxylation sites is 1. The summed E-state index contributed by atoms with van der Waals surface area (Å²) in [7, 11) is -3.51. The van der Waals surface area contributed by atoms with Gasteiger partial charge in [0.05, 0.1) is 6.26 Å². The molecule has 0 aromatic heterocycles. The molecule has 6 nitrogen and oxygen atoms in total. The van der Waals surface area contributed by atoms with Gasteiger partial charge in [-0.25, -0.2) is 8.42 Å². The minimum Gasteiger partial charge on any atom is -0.457 e. The fourth-order valence-electron chi connectivity index (χ4n) is 2.85. The lowest BCUT2D eigenvalue weighted by Gasteiger charge is -2.10. The molecular formula is C23H24N2O4S. The molecule has 0 aliphatic rings. The van der Waals surface area contributed by atoms with E-state index >= 15 is 0 Å². The number of ether oxygens (including phenoxy) is 1. The molecule has 7 heteroatoms. The Hall–Kier alpha value is -3.32. The van der Waals surface area contributed by atoms with Gasteiger partial charge in [0.15, 0.2) is 0 Å². The number of aryl methyl sites for hydroxylation is 1. The van der Waals surface area contributed by atoms with Crippen molar-refractivity contribution in [2.45, 2.75) is 19.4 Å². The van der Waals surface area contributed by atoms with Gasteiger partial charge in [-0.1, -0.05) is 42.5 Å². The van der Waals surface area contributed by atoms with Crippen molar-refractivity contribution in [2.24, 2.45) is 0 Å². The van der Waals surface area contributed by atoms with Gasteiger partial charge in [0, 0.05) is 18.7 Å². The fourth-order valence-corrected chi connectivity index (χ4v) is 3.37. The molecule has 2 N–H and O–H groups in total. The van der Waals surface area contributed by atoms with E-state index in [1.165, 1.54) is 0 Å². The smallest absolute Gasteiger partial charge is 0.233 e. The van der Waals surface area contributed by atoms with Crippen molar-refractivity contribution < 1.29 is 17.9 Å². The molecule has 0 radical (unpaired) electrons. The van der Waals surface area contributed by atoms with Gasteiger partial charge in [-0.2, -0.15) is 0 Å². The van der Waals surface area contributed by atoms with Crippen molar-refractivity contribution in [1.82, 2.24) is 4.72 Å². The number of hydrogen-bond donors (Lipinski definition) is 2. The number of amides is 1. The van der Waals surface area contributed by atoms with E-state index < -0.39 is 15.9 Å². The van der Waals surface area contributed by atoms with Gasteiger partial charge >= 0.3 is 0 Å². The van der Waals surface area contributed by atoms with Crippen LogP contribution in [0, 0.1) is 0 Å². The molecule has 3 rings (SSSR count). The van der Waals surface area contributed by atoms with Crippen molar-refractivity contribution in [3.8, 4) is 11.5 Å². The second-order valence-electron chi connectivity index (χ2n) is 6.91. The third-order valence-electron chi connectivity index (χ3n) is 4.27. The minimum absolute atomic E-state index is 0.119. The molecule has 0 saturated heterocycles. The predicted molar refractivity (Wildman–Crippen MR) is 118 cm³/mol. The van der Waals surface area contributed by atoms with Crippen LogP contribution in [0.25, 0.3) is 0 Å². The summed E-state index contributed by atoms with van der Waals surface area (Å²) >= 11 is 0. The Morgan fingerprint density at radius 2 is 1.57 bits per heavy atom. The second-order valence-corrected chi connectivity index (χ2v) is 8.66. The van der Waals surface area contributed by atoms with Gasteiger partial charge in [-0.05, 0) is 53.9 Å². The first-order chi connectivity index (χ1) is 14.4. The molecule has 0 spiro atoms. The van der Waals surface area contributed by atoms with Gasteiger partial charge in [-0.15, -0.1) is 0 Å². The zero-order valence-electron chi connectivity index (χ0n) is 16.7. The molecule has 1 amide bonds. The maximum absolute atomic E-state index is 11.6. The van der Waals surface area contributed by atoms with Gasteiger partial charge in [0.25, 0.3) is 0 Å². The molecular weight excluding hydrogens is 400 g/mol. The van der Waals surface area contributed by atoms with E-state index in [4.69, 9.17) is 4.74 Å². The molecule has 156 valence electrons. The Labute approximate surface area is 177 Å². The van der Waals surface area contributed by atoms with Crippen LogP contribution in [0.5, 0.6) is 11.5 Å². The normalized spacial score (nSPS) is 11.0. The van der Waals surface area contributed by atoms with Crippen molar-refractivity contribution in [1.29, 1.82) is 0 Å². The Morgan fingerprint density at radius 3 is 2.27 bits per heavy atom. The van der Waals surface area contributed by atoms with Gasteiger partial charge in [0.1, 0.15) is 11.5 Å². The standard InChI is InChI=1S/C23H24N2O4S/c1-30(27,28)25-23(26)15-12-18-10-13-20(14-11-18)24-17-19-6-5-9-22(16-19)29-21-7-3-2-4-8-21/h2-11,13-14,16,24H,12,15,17H2,1H3,(H,25,26). The first-order valence-corrected chi connectivity index (χ1v) is 11.4. The van der Waals surface area contributed by atoms with Crippen molar-refractivity contribution in [3.05, 3.63) is 90.0 Å². The molecule has 3 aromatic rings. The van der Waals surface area contributed by atoms with E-state index in [0.29, 0.717) is 13.0 Å². The lowest BCUT2D eigenvalue weighted by Crippen LogP contribution is -2.29. The Balaban J connectivity index is 1.50. The SMILES string of the molecule is CS(=O)(=O)NC(=O)CCc1ccc(NCc2cccc(Oc3ccccc3)c2)cc1. The molecule has 0 aliphatic heterocycles. The highest BCUT2D eigenvalue weighted by atomic mass is 32.2. The minimum atomic E-state index is -3.51. The first-order valence-electron chi connectivity index (χ1n) is 9.53. The number of nitrogens with one attached hydrogen (secondary N) is 2. The predicted octanol–water partition coefficient (Wildman–Crippen LogP) is 4.10. The highest BCUT2D eigenvalue weighted by molar-refractivity contribution is 7.89. The number of carbonyl (C=O) groups is 1. The fraction of sp³-hybridized carbons (Fsp3) is 0.174. The van der Waals surface area contributed by atoms with Gasteiger partial charge in [-0.3, -0.25) is 9.52 Å². The van der Waals surface area contributed by atoms with E-state index in [1.54, 1.807) is 0 Å². The summed E-state index contributed by atoms with van der Waals surface area (Å²) in [5.41, 5.74) is 3.00. The molecule has 3 aromatic carbocycles. The lowest BCUT2D eigenvalue weighted by atomic mass is 10.1. The van der Waals surface area contributed by atoms with Crippen LogP contribution in [0.15, 0.2) is 78.9 Å². The maximum atomic E-state index is 11.6. The van der Waals surface area contributed by atoms with Crippen LogP contribution < -0.4 is 14.8 Å². The Bertz CT molecular complexity index is 1080. The van der Waals surface area contributed by atoms with Crippen LogP contribution in [0.3, 0.4) is 0 Å². The van der Waals surface area contributed by atoms with Crippen LogP contribution in [0.2, 0.25) is 0 Å². The van der Waals surface area contributed by atoms with E-state index in [0.717, 1.165) is 34.6 Å². The molecule has 30 heavy (non-hydrogen) atoms. The lowest BCUT2D eigenvalue weighted by molar-refractivity contribution is -0.119. The average Bonchev–Trinajstić information content (AvgIpc) is 2.71. The largest absolute Gasteiger partial charge is 0.457 e. The summed E-state index contributed by atoms with van der Waals surface area (Å²) < 4.78 is 29.9. The van der Waals surface area contributed by atoms with Crippen LogP contribution in [0.4, 0.5) is 5.69 Å². The topological polar surface area (TPSA) is 84.5 Å². The summed E-state index contributed by atoms with van der Waals surface area (Å²) in [5, 5.41) is 3.36. The molecule has 0 bridgehead atoms. The highest BCUT2D eigenvalue weighted by Crippen LogP contribution is 2.22. The average molecular weight is 425 g/mol. The summed E-state index contributed by atoms with van der Waals surface area (Å²) in [6.07, 6.45) is 1.56. The number of anilines is 1. The molecule has 0 atom stereocenters. The maximum Gasteiger partial charge on any atom is 0.233 e. The summed E-state index contributed by atoms with van der Waals surface area (Å²) in [6, 6.07) is 25.3. The van der Waals surface area contributed by atoms with Crippen molar-refractivity contribution in [3.63, 3.8) is 0 Å². The van der Waals surface area contributed by atoms with Crippen LogP contribution in [-0.4, -0.2) is 20.6 Å². The molecule has 0 aliphatic carbocycles. The van der Waals surface area contributed by atoms with Crippen molar-refractivity contribution in [2.75, 3.05) is 11.6 Å². The second kappa shape index (κ2) is 9.93. The Morgan fingerprint density at radius 1 is 0.867 bits per heavy atom. The quantitative estimate of drug-likeness (QED) is 0.540. The van der Waals surface area contributed by atoms with Gasteiger partial charge < -0.3 is 10.1 Å². The van der Waals surface area contributed by atoms with E-state index in [2.05, 4.69) is 5.32 Å². The van der Waals surface area contributed by atoms with Gasteiger partial charge in [0.2, 0.25) is 15.9 Å². The zero-order valence-corrected chi connectivity index (χ0v) is 17.5. The van der Waals surface area contributed by atoms with Crippen LogP contribution in [-0.2, 0) is 27.8 Å². The number of benzene rings is 3. The zero-order chi connectivity index (χ0) is 21.4. The summed E-state index contributed by atoms with van der Waals surface area (Å²) in [4.78, 5) is 11.6. The number of sulfonamides is 1. The van der Waals surface area contributed by atoms with Crippen molar-refractivity contribution >= 4 is 21.6 Å². The number of hydrogen-bond acceptors (Lipinski definition) is 5. The highest BCUT2D eigenvalue weighted by Gasteiger charge is 2.08. The first kappa shape index (κ1) is 21.4. The number of rotatable bonds is 9. The molecule has 0 heterocycles. The number of carbonyl (C=O) groups excluding carboxylic acids is 1. The third kappa shape index (κ3) is 7.25. The van der Waals surface area contributed by atoms with E-state index in [9.17, 15) is 13.2 Å².